The first-order valence-electron chi connectivity index (χ1n) is 7.75. The minimum atomic E-state index is -0.418. The minimum Gasteiger partial charge on any atom is -0.394 e. The number of nitrogens with zero attached hydrogens (tertiary/aromatic N) is 1. The van der Waals surface area contributed by atoms with Crippen molar-refractivity contribution in [2.45, 2.75) is 6.04 Å². The molecule has 0 fully saturated rings. The van der Waals surface area contributed by atoms with E-state index in [0.717, 1.165) is 16.7 Å². The molecule has 0 aliphatic heterocycles. The summed E-state index contributed by atoms with van der Waals surface area (Å²) in [4.78, 5) is 16.4. The molecule has 0 bridgehead atoms. The first-order chi connectivity index (χ1) is 11.8. The second-order valence-corrected chi connectivity index (χ2v) is 5.43. The molecule has 4 nitrogen and oxygen atoms in total. The SMILES string of the molecule is O=C(N[C@H](CO)c1ccccc1)c1ccc(-c2ccncc2)cc1. The second kappa shape index (κ2) is 7.53. The van der Waals surface area contributed by atoms with Crippen molar-refractivity contribution in [2.24, 2.45) is 0 Å². The Bertz CT molecular complexity index is 787. The molecule has 0 radical (unpaired) electrons. The van der Waals surface area contributed by atoms with Crippen LogP contribution in [0.2, 0.25) is 0 Å². The molecule has 1 aromatic heterocycles. The summed E-state index contributed by atoms with van der Waals surface area (Å²) in [6, 6.07) is 20.2. The zero-order valence-corrected chi connectivity index (χ0v) is 13.1. The number of pyridine rings is 1. The number of nitrogens with one attached hydrogen (secondary N) is 1. The van der Waals surface area contributed by atoms with Gasteiger partial charge in [0, 0.05) is 18.0 Å². The topological polar surface area (TPSA) is 62.2 Å². The van der Waals surface area contributed by atoms with Crippen molar-refractivity contribution in [1.29, 1.82) is 0 Å². The molecule has 0 spiro atoms. The molecule has 4 heteroatoms. The fourth-order valence-corrected chi connectivity index (χ4v) is 2.52. The number of aliphatic hydroxyl groups excluding tert-OH is 1. The number of carbonyl (C=O) groups excluding carboxylic acids is 1. The highest BCUT2D eigenvalue weighted by Gasteiger charge is 2.14. The number of hydrogen-bond donors (Lipinski definition) is 2. The Balaban J connectivity index is 1.73. The minimum absolute atomic E-state index is 0.148. The van der Waals surface area contributed by atoms with Gasteiger partial charge in [-0.3, -0.25) is 9.78 Å². The summed E-state index contributed by atoms with van der Waals surface area (Å²) in [5.41, 5.74) is 3.51. The fraction of sp³-hybridized carbons (Fsp3) is 0.100. The lowest BCUT2D eigenvalue weighted by atomic mass is 10.0. The first-order valence-corrected chi connectivity index (χ1v) is 7.75. The van der Waals surface area contributed by atoms with Crippen LogP contribution in [0.1, 0.15) is 22.0 Å². The van der Waals surface area contributed by atoms with Gasteiger partial charge >= 0.3 is 0 Å². The van der Waals surface area contributed by atoms with E-state index >= 15 is 0 Å². The number of aromatic nitrogens is 1. The molecule has 0 aliphatic rings. The molecule has 0 saturated carbocycles. The number of hydrogen-bond acceptors (Lipinski definition) is 3. The average molecular weight is 318 g/mol. The van der Waals surface area contributed by atoms with Crippen LogP contribution in [0.4, 0.5) is 0 Å². The average Bonchev–Trinajstić information content (AvgIpc) is 2.67. The van der Waals surface area contributed by atoms with Gasteiger partial charge in [-0.1, -0.05) is 42.5 Å². The molecule has 2 aromatic carbocycles. The lowest BCUT2D eigenvalue weighted by molar-refractivity contribution is 0.0916. The van der Waals surface area contributed by atoms with Crippen LogP contribution in [-0.4, -0.2) is 22.6 Å². The predicted octanol–water partition coefficient (Wildman–Crippen LogP) is 3.21. The van der Waals surface area contributed by atoms with E-state index in [-0.39, 0.29) is 12.5 Å². The molecule has 2 N–H and O–H groups in total. The van der Waals surface area contributed by atoms with Gasteiger partial charge in [0.15, 0.2) is 0 Å². The molecule has 0 saturated heterocycles. The summed E-state index contributed by atoms with van der Waals surface area (Å²) in [7, 11) is 0. The zero-order valence-electron chi connectivity index (χ0n) is 13.1. The number of carbonyl (C=O) groups is 1. The van der Waals surface area contributed by atoms with E-state index in [1.165, 1.54) is 0 Å². The largest absolute Gasteiger partial charge is 0.394 e. The van der Waals surface area contributed by atoms with Crippen molar-refractivity contribution >= 4 is 5.91 Å². The van der Waals surface area contributed by atoms with Crippen LogP contribution in [-0.2, 0) is 0 Å². The Kier molecular flexibility index (Phi) is 4.99. The quantitative estimate of drug-likeness (QED) is 0.759. The van der Waals surface area contributed by atoms with Gasteiger partial charge in [-0.05, 0) is 41.0 Å². The molecule has 1 amide bonds. The van der Waals surface area contributed by atoms with Crippen LogP contribution in [0.3, 0.4) is 0 Å². The maximum Gasteiger partial charge on any atom is 0.251 e. The Morgan fingerprint density at radius 1 is 0.917 bits per heavy atom. The lowest BCUT2D eigenvalue weighted by Gasteiger charge is -2.17. The van der Waals surface area contributed by atoms with Crippen molar-refractivity contribution in [3.05, 3.63) is 90.3 Å². The van der Waals surface area contributed by atoms with Gasteiger partial charge in [-0.15, -0.1) is 0 Å². The molecule has 1 atom stereocenters. The van der Waals surface area contributed by atoms with Gasteiger partial charge in [-0.25, -0.2) is 0 Å². The summed E-state index contributed by atoms with van der Waals surface area (Å²) in [6.45, 7) is -0.148. The number of amides is 1. The molecule has 0 aliphatic carbocycles. The van der Waals surface area contributed by atoms with Gasteiger partial charge < -0.3 is 10.4 Å². The van der Waals surface area contributed by atoms with Crippen molar-refractivity contribution in [2.75, 3.05) is 6.61 Å². The smallest absolute Gasteiger partial charge is 0.251 e. The van der Waals surface area contributed by atoms with Crippen LogP contribution in [0.25, 0.3) is 11.1 Å². The highest BCUT2D eigenvalue weighted by Crippen LogP contribution is 2.19. The van der Waals surface area contributed by atoms with Crippen molar-refractivity contribution in [3.63, 3.8) is 0 Å². The predicted molar refractivity (Wildman–Crippen MR) is 93.4 cm³/mol. The molecule has 3 rings (SSSR count). The second-order valence-electron chi connectivity index (χ2n) is 5.43. The van der Waals surface area contributed by atoms with Gasteiger partial charge in [0.25, 0.3) is 5.91 Å². The van der Waals surface area contributed by atoms with Crippen LogP contribution < -0.4 is 5.32 Å². The third-order valence-corrected chi connectivity index (χ3v) is 3.85. The normalized spacial score (nSPS) is 11.7. The third-order valence-electron chi connectivity index (χ3n) is 3.85. The van der Waals surface area contributed by atoms with E-state index in [0.29, 0.717) is 5.56 Å². The number of benzene rings is 2. The molecular formula is C20H18N2O2. The van der Waals surface area contributed by atoms with Crippen LogP contribution in [0.15, 0.2) is 79.1 Å². The first kappa shape index (κ1) is 15.9. The monoisotopic (exact) mass is 318 g/mol. The highest BCUT2D eigenvalue weighted by molar-refractivity contribution is 5.95. The molecule has 120 valence electrons. The molecule has 1 heterocycles. The van der Waals surface area contributed by atoms with Gasteiger partial charge in [-0.2, -0.15) is 0 Å². The standard InChI is InChI=1S/C20H18N2O2/c23-14-19(17-4-2-1-3-5-17)22-20(24)18-8-6-15(7-9-18)16-10-12-21-13-11-16/h1-13,19,23H,14H2,(H,22,24)/t19-/m1/s1. The maximum absolute atomic E-state index is 12.4. The molecule has 3 aromatic rings. The Hall–Kier alpha value is -2.98. The van der Waals surface area contributed by atoms with Crippen molar-refractivity contribution in [1.82, 2.24) is 10.3 Å². The zero-order chi connectivity index (χ0) is 16.8. The Morgan fingerprint density at radius 3 is 2.17 bits per heavy atom. The Labute approximate surface area is 140 Å². The highest BCUT2D eigenvalue weighted by atomic mass is 16.3. The van der Waals surface area contributed by atoms with E-state index in [1.54, 1.807) is 24.5 Å². The molecular weight excluding hydrogens is 300 g/mol. The van der Waals surface area contributed by atoms with Crippen LogP contribution in [0.5, 0.6) is 0 Å². The number of rotatable bonds is 5. The van der Waals surface area contributed by atoms with Crippen LogP contribution >= 0.6 is 0 Å². The van der Waals surface area contributed by atoms with E-state index in [4.69, 9.17) is 0 Å². The summed E-state index contributed by atoms with van der Waals surface area (Å²) in [5, 5.41) is 12.4. The van der Waals surface area contributed by atoms with Crippen molar-refractivity contribution < 1.29 is 9.90 Å². The molecule has 24 heavy (non-hydrogen) atoms. The summed E-state index contributed by atoms with van der Waals surface area (Å²) >= 11 is 0. The molecule has 0 unspecified atom stereocenters. The summed E-state index contributed by atoms with van der Waals surface area (Å²) in [6.07, 6.45) is 3.48. The van der Waals surface area contributed by atoms with Gasteiger partial charge in [0.1, 0.15) is 0 Å². The van der Waals surface area contributed by atoms with E-state index in [1.807, 2.05) is 54.6 Å². The van der Waals surface area contributed by atoms with E-state index in [2.05, 4.69) is 10.3 Å². The third kappa shape index (κ3) is 3.67. The maximum atomic E-state index is 12.4. The van der Waals surface area contributed by atoms with E-state index in [9.17, 15) is 9.90 Å². The van der Waals surface area contributed by atoms with E-state index < -0.39 is 6.04 Å². The van der Waals surface area contributed by atoms with Crippen molar-refractivity contribution in [3.8, 4) is 11.1 Å². The fourth-order valence-electron chi connectivity index (χ4n) is 2.52. The lowest BCUT2D eigenvalue weighted by Crippen LogP contribution is -2.30. The summed E-state index contributed by atoms with van der Waals surface area (Å²) in [5.74, 6) is -0.209. The summed E-state index contributed by atoms with van der Waals surface area (Å²) < 4.78 is 0. The van der Waals surface area contributed by atoms with Crippen LogP contribution in [0, 0.1) is 0 Å². The Morgan fingerprint density at radius 2 is 1.54 bits per heavy atom. The van der Waals surface area contributed by atoms with Gasteiger partial charge in [0.05, 0.1) is 12.6 Å². The number of aliphatic hydroxyl groups is 1. The van der Waals surface area contributed by atoms with Gasteiger partial charge in [0.2, 0.25) is 0 Å².